The van der Waals surface area contributed by atoms with Crippen molar-refractivity contribution in [2.45, 2.75) is 6.17 Å². The van der Waals surface area contributed by atoms with Crippen molar-refractivity contribution in [1.29, 1.82) is 0 Å². The third-order valence-electron chi connectivity index (χ3n) is 4.78. The zero-order valence-electron chi connectivity index (χ0n) is 16.0. The molecule has 1 N–H and O–H groups in total. The molecule has 1 aliphatic rings. The van der Waals surface area contributed by atoms with Crippen LogP contribution in [0.1, 0.15) is 32.6 Å². The number of carbonyl (C=O) groups excluding carboxylic acids is 2. The number of nitrogens with zero attached hydrogens (tertiary/aromatic N) is 2. The molecule has 0 bridgehead atoms. The van der Waals surface area contributed by atoms with Crippen LogP contribution in [0.5, 0.6) is 5.75 Å². The molecule has 3 aromatic rings. The van der Waals surface area contributed by atoms with Gasteiger partial charge in [0.25, 0.3) is 5.91 Å². The fourth-order valence-electron chi connectivity index (χ4n) is 3.37. The number of hydrogen-bond donors (Lipinski definition) is 1. The van der Waals surface area contributed by atoms with E-state index in [-0.39, 0.29) is 5.91 Å². The van der Waals surface area contributed by atoms with Crippen LogP contribution in [-0.2, 0) is 4.74 Å². The first kappa shape index (κ1) is 18.5. The lowest BCUT2D eigenvalue weighted by atomic mass is 10.1. The van der Waals surface area contributed by atoms with Crippen LogP contribution in [0.25, 0.3) is 0 Å². The molecule has 2 aromatic carbocycles. The first-order valence-electron chi connectivity index (χ1n) is 9.00. The number of carbonyl (C=O) groups is 2. The van der Waals surface area contributed by atoms with Crippen LogP contribution in [0.15, 0.2) is 66.9 Å². The number of pyridine rings is 1. The standard InChI is InChI=1S/C22H19N3O4/c1-28-15-11-9-14(10-12-15)25-20(19-17(21(25)26)7-5-13-23-19)24-18-8-4-3-6-16(18)22(27)29-2/h3-13,20,24H,1-2H3. The smallest absolute Gasteiger partial charge is 0.339 e. The van der Waals surface area contributed by atoms with Crippen LogP contribution >= 0.6 is 0 Å². The van der Waals surface area contributed by atoms with Crippen LogP contribution in [-0.4, -0.2) is 31.1 Å². The Morgan fingerprint density at radius 2 is 1.79 bits per heavy atom. The zero-order chi connectivity index (χ0) is 20.4. The second kappa shape index (κ2) is 7.63. The normalized spacial score (nSPS) is 15.0. The molecule has 1 aliphatic heterocycles. The molecule has 0 aliphatic carbocycles. The fraction of sp³-hybridized carbons (Fsp3) is 0.136. The van der Waals surface area contributed by atoms with Gasteiger partial charge in [0.2, 0.25) is 0 Å². The van der Waals surface area contributed by atoms with Gasteiger partial charge < -0.3 is 14.8 Å². The minimum absolute atomic E-state index is 0.175. The first-order valence-corrected chi connectivity index (χ1v) is 9.00. The molecule has 0 fully saturated rings. The van der Waals surface area contributed by atoms with Crippen molar-refractivity contribution in [1.82, 2.24) is 4.98 Å². The monoisotopic (exact) mass is 389 g/mol. The van der Waals surface area contributed by atoms with Crippen molar-refractivity contribution >= 4 is 23.3 Å². The predicted molar refractivity (Wildman–Crippen MR) is 108 cm³/mol. The number of anilines is 2. The number of hydrogen-bond acceptors (Lipinski definition) is 6. The molecule has 7 heteroatoms. The molecule has 1 unspecified atom stereocenters. The summed E-state index contributed by atoms with van der Waals surface area (Å²) in [5.74, 6) is 0.0533. The Labute approximate surface area is 167 Å². The van der Waals surface area contributed by atoms with Crippen LogP contribution < -0.4 is 15.0 Å². The van der Waals surface area contributed by atoms with E-state index >= 15 is 0 Å². The molecule has 2 heterocycles. The van der Waals surface area contributed by atoms with Gasteiger partial charge in [0.15, 0.2) is 6.17 Å². The van der Waals surface area contributed by atoms with E-state index in [0.717, 1.165) is 0 Å². The Balaban J connectivity index is 1.78. The molecule has 0 saturated heterocycles. The Morgan fingerprint density at radius 1 is 1.03 bits per heavy atom. The van der Waals surface area contributed by atoms with Gasteiger partial charge in [0, 0.05) is 11.9 Å². The van der Waals surface area contributed by atoms with Crippen LogP contribution in [0.2, 0.25) is 0 Å². The van der Waals surface area contributed by atoms with E-state index in [1.54, 1.807) is 60.7 Å². The van der Waals surface area contributed by atoms with E-state index in [1.807, 2.05) is 18.2 Å². The van der Waals surface area contributed by atoms with E-state index in [9.17, 15) is 9.59 Å². The molecule has 0 spiro atoms. The number of benzene rings is 2. The summed E-state index contributed by atoms with van der Waals surface area (Å²) >= 11 is 0. The van der Waals surface area contributed by atoms with Crippen LogP contribution in [0, 0.1) is 0 Å². The third kappa shape index (κ3) is 3.27. The zero-order valence-corrected chi connectivity index (χ0v) is 16.0. The minimum atomic E-state index is -0.585. The van der Waals surface area contributed by atoms with E-state index in [2.05, 4.69) is 10.3 Å². The van der Waals surface area contributed by atoms with Gasteiger partial charge in [-0.05, 0) is 48.5 Å². The topological polar surface area (TPSA) is 80.8 Å². The number of ether oxygens (including phenoxy) is 2. The number of amides is 1. The second-order valence-corrected chi connectivity index (χ2v) is 6.39. The average molecular weight is 389 g/mol. The van der Waals surface area contributed by atoms with Crippen LogP contribution in [0.3, 0.4) is 0 Å². The molecule has 29 heavy (non-hydrogen) atoms. The number of rotatable bonds is 5. The second-order valence-electron chi connectivity index (χ2n) is 6.39. The molecular formula is C22H19N3O4. The third-order valence-corrected chi connectivity index (χ3v) is 4.78. The molecule has 1 aromatic heterocycles. The summed E-state index contributed by atoms with van der Waals surface area (Å²) in [5.41, 5.74) is 2.71. The van der Waals surface area contributed by atoms with Gasteiger partial charge >= 0.3 is 5.97 Å². The number of aromatic nitrogens is 1. The van der Waals surface area contributed by atoms with Crippen molar-refractivity contribution in [2.24, 2.45) is 0 Å². The highest BCUT2D eigenvalue weighted by molar-refractivity contribution is 6.11. The molecule has 0 radical (unpaired) electrons. The Kier molecular flexibility index (Phi) is 4.87. The van der Waals surface area contributed by atoms with Gasteiger partial charge in [-0.25, -0.2) is 4.79 Å². The lowest BCUT2D eigenvalue weighted by molar-refractivity contribution is 0.0601. The quantitative estimate of drug-likeness (QED) is 0.671. The Bertz CT molecular complexity index is 1070. The summed E-state index contributed by atoms with van der Waals surface area (Å²) in [6, 6.07) is 17.7. The van der Waals surface area contributed by atoms with Crippen molar-refractivity contribution in [3.8, 4) is 5.75 Å². The summed E-state index contributed by atoms with van der Waals surface area (Å²) in [6.45, 7) is 0. The first-order chi connectivity index (χ1) is 14.1. The van der Waals surface area contributed by atoms with Gasteiger partial charge in [-0.3, -0.25) is 14.7 Å². The SMILES string of the molecule is COC(=O)c1ccccc1NC1c2ncccc2C(=O)N1c1ccc(OC)cc1. The lowest BCUT2D eigenvalue weighted by Gasteiger charge is -2.27. The molecule has 1 atom stereocenters. The maximum atomic E-state index is 13.2. The van der Waals surface area contributed by atoms with E-state index in [0.29, 0.717) is 33.9 Å². The summed E-state index contributed by atoms with van der Waals surface area (Å²) in [7, 11) is 2.92. The molecule has 0 saturated carbocycles. The number of methoxy groups -OCH3 is 2. The largest absolute Gasteiger partial charge is 0.497 e. The summed E-state index contributed by atoms with van der Waals surface area (Å²) < 4.78 is 10.1. The minimum Gasteiger partial charge on any atom is -0.497 e. The maximum absolute atomic E-state index is 13.2. The highest BCUT2D eigenvalue weighted by atomic mass is 16.5. The summed E-state index contributed by atoms with van der Waals surface area (Å²) in [4.78, 5) is 31.4. The number of nitrogens with one attached hydrogen (secondary N) is 1. The molecule has 4 rings (SSSR count). The average Bonchev–Trinajstić information content (AvgIpc) is 3.05. The van der Waals surface area contributed by atoms with Crippen molar-refractivity contribution in [3.63, 3.8) is 0 Å². The maximum Gasteiger partial charge on any atom is 0.339 e. The summed E-state index contributed by atoms with van der Waals surface area (Å²) in [6.07, 6.45) is 1.06. The number of para-hydroxylation sites is 1. The van der Waals surface area contributed by atoms with Gasteiger partial charge in [-0.1, -0.05) is 12.1 Å². The van der Waals surface area contributed by atoms with E-state index < -0.39 is 12.1 Å². The molecule has 146 valence electrons. The number of fused-ring (bicyclic) bond motifs is 1. The predicted octanol–water partition coefficient (Wildman–Crippen LogP) is 3.65. The van der Waals surface area contributed by atoms with Gasteiger partial charge in [0.05, 0.1) is 36.7 Å². The lowest BCUT2D eigenvalue weighted by Crippen LogP contribution is -2.32. The molecule has 1 amide bonds. The highest BCUT2D eigenvalue weighted by Crippen LogP contribution is 2.38. The molecule has 7 nitrogen and oxygen atoms in total. The van der Waals surface area contributed by atoms with E-state index in [1.165, 1.54) is 7.11 Å². The Morgan fingerprint density at radius 3 is 2.52 bits per heavy atom. The van der Waals surface area contributed by atoms with Crippen molar-refractivity contribution < 1.29 is 19.1 Å². The van der Waals surface area contributed by atoms with Crippen molar-refractivity contribution in [3.05, 3.63) is 83.7 Å². The highest BCUT2D eigenvalue weighted by Gasteiger charge is 2.39. The van der Waals surface area contributed by atoms with E-state index in [4.69, 9.17) is 9.47 Å². The van der Waals surface area contributed by atoms with Gasteiger partial charge in [-0.15, -0.1) is 0 Å². The van der Waals surface area contributed by atoms with Crippen LogP contribution in [0.4, 0.5) is 11.4 Å². The fourth-order valence-corrected chi connectivity index (χ4v) is 3.37. The molecular weight excluding hydrogens is 370 g/mol. The Hall–Kier alpha value is -3.87. The van der Waals surface area contributed by atoms with Crippen molar-refractivity contribution in [2.75, 3.05) is 24.4 Å². The van der Waals surface area contributed by atoms with Gasteiger partial charge in [-0.2, -0.15) is 0 Å². The van der Waals surface area contributed by atoms with Gasteiger partial charge in [0.1, 0.15) is 5.75 Å². The summed E-state index contributed by atoms with van der Waals surface area (Å²) in [5, 5.41) is 3.30. The number of esters is 1.